The molecule has 0 aliphatic rings. The Morgan fingerprint density at radius 1 is 1.38 bits per heavy atom. The van der Waals surface area contributed by atoms with Gasteiger partial charge in [0, 0.05) is 13.0 Å². The van der Waals surface area contributed by atoms with Gasteiger partial charge >= 0.3 is 0 Å². The summed E-state index contributed by atoms with van der Waals surface area (Å²) >= 11 is 0. The van der Waals surface area contributed by atoms with Gasteiger partial charge in [0.2, 0.25) is 5.91 Å². The summed E-state index contributed by atoms with van der Waals surface area (Å²) in [6, 6.07) is 0. The zero-order chi connectivity index (χ0) is 12.8. The van der Waals surface area contributed by atoms with Crippen molar-refractivity contribution < 1.29 is 17.5 Å². The molecule has 0 aromatic rings. The zero-order valence-corrected chi connectivity index (χ0v) is 10.8. The number of carbonyl (C=O) groups is 1. The summed E-state index contributed by atoms with van der Waals surface area (Å²) in [5.74, 6) is 4.28. The molecule has 16 heavy (non-hydrogen) atoms. The number of hydrogen-bond acceptors (Lipinski definition) is 5. The first kappa shape index (κ1) is 15.3. The molecule has 0 saturated heterocycles. The lowest BCUT2D eigenvalue weighted by Crippen LogP contribution is -2.29. The molecule has 1 amide bonds. The topological polar surface area (TPSA) is 98.5 Å². The summed E-state index contributed by atoms with van der Waals surface area (Å²) in [4.78, 5) is 11.3. The van der Waals surface area contributed by atoms with Crippen molar-refractivity contribution in [2.75, 3.05) is 12.3 Å². The quantitative estimate of drug-likeness (QED) is 0.518. The Bertz CT molecular complexity index is 319. The number of amides is 1. The van der Waals surface area contributed by atoms with Crippen LogP contribution in [-0.2, 0) is 19.2 Å². The van der Waals surface area contributed by atoms with E-state index in [2.05, 4.69) is 15.5 Å². The van der Waals surface area contributed by atoms with Gasteiger partial charge in [0.15, 0.2) is 0 Å². The van der Waals surface area contributed by atoms with Gasteiger partial charge in [0.25, 0.3) is 10.1 Å². The van der Waals surface area contributed by atoms with Crippen molar-refractivity contribution in [1.29, 1.82) is 0 Å². The molecule has 0 rings (SSSR count). The second-order valence-corrected chi connectivity index (χ2v) is 6.52. The lowest BCUT2D eigenvalue weighted by Gasteiger charge is -2.17. The Morgan fingerprint density at radius 2 is 1.94 bits per heavy atom. The molecule has 0 aromatic carbocycles. The molecule has 0 saturated carbocycles. The predicted molar refractivity (Wildman–Crippen MR) is 60.8 cm³/mol. The van der Waals surface area contributed by atoms with E-state index in [-0.39, 0.29) is 23.5 Å². The van der Waals surface area contributed by atoms with Crippen LogP contribution in [0.2, 0.25) is 0 Å². The van der Waals surface area contributed by atoms with Crippen molar-refractivity contribution in [3.05, 3.63) is 0 Å². The maximum absolute atomic E-state index is 11.3. The third-order valence-corrected chi connectivity index (χ3v) is 2.81. The van der Waals surface area contributed by atoms with Gasteiger partial charge in [-0.2, -0.15) is 18.6 Å². The molecule has 0 spiro atoms. The van der Waals surface area contributed by atoms with Crippen LogP contribution in [0.25, 0.3) is 0 Å². The molecule has 0 heterocycles. The molecule has 3 N–H and O–H groups in total. The van der Waals surface area contributed by atoms with Gasteiger partial charge in [-0.3, -0.25) is 4.79 Å². The molecular weight excluding hydrogens is 232 g/mol. The van der Waals surface area contributed by atoms with Gasteiger partial charge in [-0.1, -0.05) is 20.8 Å². The Labute approximate surface area is 96.6 Å². The van der Waals surface area contributed by atoms with Crippen LogP contribution in [0.5, 0.6) is 0 Å². The van der Waals surface area contributed by atoms with Crippen LogP contribution in [0.3, 0.4) is 0 Å². The van der Waals surface area contributed by atoms with Crippen molar-refractivity contribution in [3.8, 4) is 0 Å². The standard InChI is InChI=1S/C9H20N2O4S/c1-9(2,3)7-8(12)11-5-4-6-16(13,14)15-10/h4-7,10H2,1-3H3,(H,11,12). The molecular formula is C9H20N2O4S. The van der Waals surface area contributed by atoms with Crippen LogP contribution in [0.1, 0.15) is 33.6 Å². The predicted octanol–water partition coefficient (Wildman–Crippen LogP) is 0.149. The minimum atomic E-state index is -3.63. The molecule has 0 fully saturated rings. The van der Waals surface area contributed by atoms with E-state index in [1.807, 2.05) is 20.8 Å². The van der Waals surface area contributed by atoms with E-state index in [0.717, 1.165) is 0 Å². The summed E-state index contributed by atoms with van der Waals surface area (Å²) in [5.41, 5.74) is -0.0729. The molecule has 6 nitrogen and oxygen atoms in total. The van der Waals surface area contributed by atoms with E-state index in [0.29, 0.717) is 13.0 Å². The van der Waals surface area contributed by atoms with Gasteiger partial charge in [-0.25, -0.2) is 0 Å². The molecule has 0 radical (unpaired) electrons. The van der Waals surface area contributed by atoms with E-state index < -0.39 is 10.1 Å². The highest BCUT2D eigenvalue weighted by atomic mass is 32.2. The van der Waals surface area contributed by atoms with Crippen LogP contribution in [0.4, 0.5) is 0 Å². The van der Waals surface area contributed by atoms with Gasteiger partial charge in [0.1, 0.15) is 0 Å². The third kappa shape index (κ3) is 8.63. The molecule has 0 aliphatic heterocycles. The molecule has 96 valence electrons. The number of nitrogens with one attached hydrogen (secondary N) is 1. The first-order valence-electron chi connectivity index (χ1n) is 5.04. The number of nitrogens with two attached hydrogens (primary N) is 1. The third-order valence-electron chi connectivity index (χ3n) is 1.73. The van der Waals surface area contributed by atoms with Crippen LogP contribution >= 0.6 is 0 Å². The molecule has 7 heteroatoms. The van der Waals surface area contributed by atoms with Crippen molar-refractivity contribution in [2.24, 2.45) is 11.3 Å². The number of hydrogen-bond donors (Lipinski definition) is 2. The van der Waals surface area contributed by atoms with Crippen molar-refractivity contribution in [2.45, 2.75) is 33.6 Å². The first-order chi connectivity index (χ1) is 7.16. The van der Waals surface area contributed by atoms with E-state index in [1.165, 1.54) is 0 Å². The number of rotatable bonds is 6. The molecule has 0 unspecified atom stereocenters. The summed E-state index contributed by atoms with van der Waals surface area (Å²) in [5, 5.41) is 2.64. The van der Waals surface area contributed by atoms with Gasteiger partial charge in [-0.05, 0) is 11.8 Å². The van der Waals surface area contributed by atoms with Crippen LogP contribution in [0.15, 0.2) is 0 Å². The Morgan fingerprint density at radius 3 is 2.38 bits per heavy atom. The Hall–Kier alpha value is -0.660. The van der Waals surface area contributed by atoms with E-state index in [4.69, 9.17) is 0 Å². The zero-order valence-electron chi connectivity index (χ0n) is 9.95. The van der Waals surface area contributed by atoms with Crippen molar-refractivity contribution in [3.63, 3.8) is 0 Å². The second-order valence-electron chi connectivity index (χ2n) is 4.80. The summed E-state index contributed by atoms with van der Waals surface area (Å²) in [6.07, 6.45) is 0.697. The minimum Gasteiger partial charge on any atom is -0.356 e. The summed E-state index contributed by atoms with van der Waals surface area (Å²) in [6.45, 7) is 6.18. The first-order valence-corrected chi connectivity index (χ1v) is 6.62. The van der Waals surface area contributed by atoms with Gasteiger partial charge in [0.05, 0.1) is 5.75 Å². The summed E-state index contributed by atoms with van der Waals surface area (Å²) in [7, 11) is -3.63. The SMILES string of the molecule is CC(C)(C)CC(=O)NCCCS(=O)(=O)ON. The monoisotopic (exact) mass is 252 g/mol. The fourth-order valence-electron chi connectivity index (χ4n) is 1.07. The smallest absolute Gasteiger partial charge is 0.283 e. The maximum atomic E-state index is 11.3. The lowest BCUT2D eigenvalue weighted by molar-refractivity contribution is -0.122. The highest BCUT2D eigenvalue weighted by Gasteiger charge is 2.15. The van der Waals surface area contributed by atoms with Gasteiger partial charge in [-0.15, -0.1) is 0 Å². The van der Waals surface area contributed by atoms with E-state index >= 15 is 0 Å². The maximum Gasteiger partial charge on any atom is 0.283 e. The molecule has 0 aromatic heterocycles. The molecule has 0 aliphatic carbocycles. The minimum absolute atomic E-state index is 0.0729. The summed E-state index contributed by atoms with van der Waals surface area (Å²) < 4.78 is 25.4. The van der Waals surface area contributed by atoms with Crippen LogP contribution in [0, 0.1) is 5.41 Å². The Balaban J connectivity index is 3.72. The van der Waals surface area contributed by atoms with Crippen molar-refractivity contribution in [1.82, 2.24) is 5.32 Å². The van der Waals surface area contributed by atoms with Gasteiger partial charge < -0.3 is 5.32 Å². The van der Waals surface area contributed by atoms with Crippen LogP contribution in [-0.4, -0.2) is 26.6 Å². The number of carbonyl (C=O) groups excluding carboxylic acids is 1. The molecule has 0 atom stereocenters. The highest BCUT2D eigenvalue weighted by molar-refractivity contribution is 7.86. The van der Waals surface area contributed by atoms with Crippen molar-refractivity contribution >= 4 is 16.0 Å². The lowest BCUT2D eigenvalue weighted by atomic mass is 9.92. The fourth-order valence-corrected chi connectivity index (χ4v) is 1.66. The largest absolute Gasteiger partial charge is 0.356 e. The second kappa shape index (κ2) is 6.17. The normalized spacial score (nSPS) is 12.5. The molecule has 0 bridgehead atoms. The Kier molecular flexibility index (Phi) is 5.91. The average molecular weight is 252 g/mol. The van der Waals surface area contributed by atoms with E-state index in [1.54, 1.807) is 0 Å². The van der Waals surface area contributed by atoms with Crippen LogP contribution < -0.4 is 11.2 Å². The highest BCUT2D eigenvalue weighted by Crippen LogP contribution is 2.17. The fraction of sp³-hybridized carbons (Fsp3) is 0.889. The average Bonchev–Trinajstić information content (AvgIpc) is 2.10. The van der Waals surface area contributed by atoms with E-state index in [9.17, 15) is 13.2 Å².